The van der Waals surface area contributed by atoms with Crippen LogP contribution in [0.1, 0.15) is 19.8 Å². The molecular weight excluding hydrogens is 314 g/mol. The van der Waals surface area contributed by atoms with Crippen LogP contribution in [0.5, 0.6) is 0 Å². The van der Waals surface area contributed by atoms with Crippen molar-refractivity contribution in [2.45, 2.75) is 30.7 Å². The van der Waals surface area contributed by atoms with Gasteiger partial charge in [-0.2, -0.15) is 4.31 Å². The molecule has 1 unspecified atom stereocenters. The Hall–Kier alpha value is -1.70. The number of quaternary nitrogens is 1. The van der Waals surface area contributed by atoms with Gasteiger partial charge in [-0.05, 0) is 38.0 Å². The second-order valence-corrected chi connectivity index (χ2v) is 8.15. The van der Waals surface area contributed by atoms with Crippen LogP contribution in [0.4, 0.5) is 0 Å². The van der Waals surface area contributed by atoms with Crippen molar-refractivity contribution in [2.75, 3.05) is 13.1 Å². The molecule has 0 radical (unpaired) electrons. The van der Waals surface area contributed by atoms with Crippen molar-refractivity contribution in [3.05, 3.63) is 40.8 Å². The summed E-state index contributed by atoms with van der Waals surface area (Å²) < 4.78 is 27.5. The first-order chi connectivity index (χ1) is 10.9. The maximum atomic E-state index is 13.0. The molecule has 2 aromatic rings. The van der Waals surface area contributed by atoms with Gasteiger partial charge in [0.25, 0.3) is 5.56 Å². The van der Waals surface area contributed by atoms with E-state index in [0.29, 0.717) is 35.8 Å². The van der Waals surface area contributed by atoms with Gasteiger partial charge < -0.3 is 10.7 Å². The molecule has 23 heavy (non-hydrogen) atoms. The van der Waals surface area contributed by atoms with E-state index in [-0.39, 0.29) is 10.5 Å². The molecule has 1 aliphatic rings. The van der Waals surface area contributed by atoms with E-state index in [1.165, 1.54) is 10.5 Å². The molecule has 0 saturated carbocycles. The summed E-state index contributed by atoms with van der Waals surface area (Å²) in [5.41, 5.74) is 3.78. The van der Waals surface area contributed by atoms with E-state index in [2.05, 4.69) is 17.6 Å². The number of hydrogen-bond donors (Lipinski definition) is 2. The van der Waals surface area contributed by atoms with Crippen LogP contribution in [0.3, 0.4) is 0 Å². The van der Waals surface area contributed by atoms with Crippen molar-refractivity contribution in [1.82, 2.24) is 9.29 Å². The second kappa shape index (κ2) is 6.07. The Kier molecular flexibility index (Phi) is 4.27. The van der Waals surface area contributed by atoms with Gasteiger partial charge in [0.2, 0.25) is 10.0 Å². The summed E-state index contributed by atoms with van der Waals surface area (Å²) in [7, 11) is -3.59. The summed E-state index contributed by atoms with van der Waals surface area (Å²) in [6.45, 7) is 3.09. The first-order valence-electron chi connectivity index (χ1n) is 7.85. The lowest BCUT2D eigenvalue weighted by Gasteiger charge is -2.31. The third kappa shape index (κ3) is 2.91. The highest BCUT2D eigenvalue weighted by atomic mass is 32.2. The van der Waals surface area contributed by atoms with Gasteiger partial charge in [0.1, 0.15) is 0 Å². The number of sulfonamides is 1. The average molecular weight is 336 g/mol. The topological polar surface area (TPSA) is 97.9 Å². The van der Waals surface area contributed by atoms with Crippen LogP contribution in [0, 0.1) is 5.92 Å². The third-order valence-corrected chi connectivity index (χ3v) is 6.65. The van der Waals surface area contributed by atoms with Gasteiger partial charge in [-0.25, -0.2) is 8.42 Å². The minimum Gasteiger partial charge on any atom is -0.355 e. The maximum absolute atomic E-state index is 13.0. The monoisotopic (exact) mass is 336 g/mol. The van der Waals surface area contributed by atoms with Crippen LogP contribution >= 0.6 is 0 Å². The molecular formula is C16H22N3O3S+. The van der Waals surface area contributed by atoms with Crippen LogP contribution < -0.4 is 11.3 Å². The summed E-state index contributed by atoms with van der Waals surface area (Å²) in [5.74, 6) is 0.469. The Balaban J connectivity index is 1.98. The van der Waals surface area contributed by atoms with Crippen molar-refractivity contribution >= 4 is 20.8 Å². The molecule has 4 N–H and O–H groups in total. The lowest BCUT2D eigenvalue weighted by atomic mass is 9.92. The molecule has 0 bridgehead atoms. The van der Waals surface area contributed by atoms with Crippen molar-refractivity contribution in [3.63, 3.8) is 0 Å². The number of rotatable bonds is 3. The standard InChI is InChI=1S/C16H21N3O3S/c1-11(17)12-6-9-19(10-7-12)23(21,22)15-4-2-3-14-13(15)5-8-18-16(14)20/h2-5,8,11-12H,6-7,9-10,17H2,1H3,(H,18,20)/p+1. The zero-order valence-electron chi connectivity index (χ0n) is 13.2. The number of aromatic amines is 1. The molecule has 6 nitrogen and oxygen atoms in total. The molecule has 2 heterocycles. The lowest BCUT2D eigenvalue weighted by Crippen LogP contribution is -2.63. The Morgan fingerprint density at radius 3 is 2.57 bits per heavy atom. The summed E-state index contributed by atoms with van der Waals surface area (Å²) in [5, 5.41) is 0.874. The van der Waals surface area contributed by atoms with Gasteiger partial charge in [-0.1, -0.05) is 6.07 Å². The Labute approximate surface area is 135 Å². The molecule has 124 valence electrons. The van der Waals surface area contributed by atoms with Crippen LogP contribution in [-0.4, -0.2) is 36.8 Å². The molecule has 3 rings (SSSR count). The van der Waals surface area contributed by atoms with E-state index >= 15 is 0 Å². The van der Waals surface area contributed by atoms with Gasteiger partial charge in [-0.15, -0.1) is 0 Å². The number of pyridine rings is 1. The third-order valence-electron chi connectivity index (χ3n) is 4.70. The minimum atomic E-state index is -3.59. The zero-order chi connectivity index (χ0) is 16.6. The van der Waals surface area contributed by atoms with Crippen molar-refractivity contribution in [3.8, 4) is 0 Å². The summed E-state index contributed by atoms with van der Waals surface area (Å²) in [4.78, 5) is 14.7. The normalized spacial score (nSPS) is 19.0. The molecule has 1 aliphatic heterocycles. The number of piperidine rings is 1. The lowest BCUT2D eigenvalue weighted by molar-refractivity contribution is -0.428. The number of aromatic nitrogens is 1. The number of hydrogen-bond acceptors (Lipinski definition) is 3. The smallest absolute Gasteiger partial charge is 0.255 e. The first-order valence-corrected chi connectivity index (χ1v) is 9.29. The zero-order valence-corrected chi connectivity index (χ0v) is 14.0. The van der Waals surface area contributed by atoms with E-state index in [1.54, 1.807) is 24.3 Å². The summed E-state index contributed by atoms with van der Waals surface area (Å²) in [6.07, 6.45) is 3.14. The molecule has 1 atom stereocenters. The number of nitrogens with zero attached hydrogens (tertiary/aromatic N) is 1. The fourth-order valence-electron chi connectivity index (χ4n) is 3.24. The van der Waals surface area contributed by atoms with Gasteiger partial charge in [-0.3, -0.25) is 4.79 Å². The number of benzene rings is 1. The predicted octanol–water partition coefficient (Wildman–Crippen LogP) is 0.559. The molecule has 0 spiro atoms. The second-order valence-electron chi connectivity index (χ2n) is 6.24. The highest BCUT2D eigenvalue weighted by molar-refractivity contribution is 7.89. The molecule has 1 aromatic heterocycles. The SMILES string of the molecule is CC([NH3+])C1CCN(S(=O)(=O)c2cccc3c(=O)[nH]ccc23)CC1. The molecule has 0 amide bonds. The molecule has 0 aliphatic carbocycles. The summed E-state index contributed by atoms with van der Waals surface area (Å²) >= 11 is 0. The largest absolute Gasteiger partial charge is 0.355 e. The van der Waals surface area contributed by atoms with E-state index in [1.807, 2.05) is 0 Å². The van der Waals surface area contributed by atoms with Crippen LogP contribution in [-0.2, 0) is 10.0 Å². The van der Waals surface area contributed by atoms with Crippen LogP contribution in [0.15, 0.2) is 40.2 Å². The average Bonchev–Trinajstić information content (AvgIpc) is 2.55. The molecule has 1 fully saturated rings. The van der Waals surface area contributed by atoms with Crippen molar-refractivity contribution in [2.24, 2.45) is 5.92 Å². The number of H-pyrrole nitrogens is 1. The van der Waals surface area contributed by atoms with Gasteiger partial charge in [0, 0.05) is 36.0 Å². The quantitative estimate of drug-likeness (QED) is 0.857. The fraction of sp³-hybridized carbons (Fsp3) is 0.438. The van der Waals surface area contributed by atoms with E-state index < -0.39 is 10.0 Å². The highest BCUT2D eigenvalue weighted by Crippen LogP contribution is 2.28. The van der Waals surface area contributed by atoms with Crippen molar-refractivity contribution in [1.29, 1.82) is 0 Å². The maximum Gasteiger partial charge on any atom is 0.255 e. The van der Waals surface area contributed by atoms with E-state index in [4.69, 9.17) is 0 Å². The van der Waals surface area contributed by atoms with Crippen LogP contribution in [0.2, 0.25) is 0 Å². The van der Waals surface area contributed by atoms with E-state index in [9.17, 15) is 13.2 Å². The number of fused-ring (bicyclic) bond motifs is 1. The Bertz CT molecular complexity index is 866. The van der Waals surface area contributed by atoms with Gasteiger partial charge >= 0.3 is 0 Å². The fourth-order valence-corrected chi connectivity index (χ4v) is 4.92. The summed E-state index contributed by atoms with van der Waals surface area (Å²) in [6, 6.07) is 6.82. The minimum absolute atomic E-state index is 0.210. The van der Waals surface area contributed by atoms with Crippen LogP contribution in [0.25, 0.3) is 10.8 Å². The van der Waals surface area contributed by atoms with E-state index in [0.717, 1.165) is 12.8 Å². The van der Waals surface area contributed by atoms with Gasteiger partial charge in [0.15, 0.2) is 0 Å². The van der Waals surface area contributed by atoms with Gasteiger partial charge in [0.05, 0.1) is 10.9 Å². The van der Waals surface area contributed by atoms with Crippen molar-refractivity contribution < 1.29 is 14.2 Å². The first kappa shape index (κ1) is 16.2. The highest BCUT2D eigenvalue weighted by Gasteiger charge is 2.32. The molecule has 1 saturated heterocycles. The Morgan fingerprint density at radius 1 is 1.22 bits per heavy atom. The number of nitrogens with one attached hydrogen (secondary N) is 1. The molecule has 7 heteroatoms. The Morgan fingerprint density at radius 2 is 1.91 bits per heavy atom. The predicted molar refractivity (Wildman–Crippen MR) is 88.4 cm³/mol. The molecule has 1 aromatic carbocycles.